The predicted octanol–water partition coefficient (Wildman–Crippen LogP) is 4.58. The molecule has 0 aromatic heterocycles. The van der Waals surface area contributed by atoms with Crippen LogP contribution in [0.2, 0.25) is 10.0 Å². The number of hydrogen-bond acceptors (Lipinski definition) is 0. The third kappa shape index (κ3) is 2.90. The summed E-state index contributed by atoms with van der Waals surface area (Å²) in [6.07, 6.45) is 0. The maximum absolute atomic E-state index is 6.41. The van der Waals surface area contributed by atoms with E-state index in [0.717, 1.165) is 20.7 Å². The van der Waals surface area contributed by atoms with Gasteiger partial charge in [-0.2, -0.15) is 0 Å². The van der Waals surface area contributed by atoms with E-state index in [2.05, 4.69) is 0 Å². The van der Waals surface area contributed by atoms with Crippen molar-refractivity contribution in [3.05, 3.63) is 58.6 Å². The first-order valence-corrected chi connectivity index (χ1v) is 7.64. The van der Waals surface area contributed by atoms with Crippen LogP contribution in [0.15, 0.2) is 48.5 Å². The van der Waals surface area contributed by atoms with Crippen molar-refractivity contribution < 1.29 is 0 Å². The molecule has 0 aliphatic heterocycles. The van der Waals surface area contributed by atoms with Crippen LogP contribution < -0.4 is 10.6 Å². The second kappa shape index (κ2) is 5.38. The minimum atomic E-state index is -0.841. The lowest BCUT2D eigenvalue weighted by molar-refractivity contribution is 1.75. The molecule has 0 aliphatic carbocycles. The van der Waals surface area contributed by atoms with Crippen molar-refractivity contribution in [2.75, 3.05) is 0 Å². The first kappa shape index (κ1) is 12.2. The van der Waals surface area contributed by atoms with Gasteiger partial charge in [0.25, 0.3) is 0 Å². The second-order valence-electron chi connectivity index (χ2n) is 3.23. The largest absolute Gasteiger partial charge is 0.0859 e. The minimum absolute atomic E-state index is 0.722. The highest BCUT2D eigenvalue weighted by Crippen LogP contribution is 2.39. The third-order valence-electron chi connectivity index (χ3n) is 2.11. The van der Waals surface area contributed by atoms with Gasteiger partial charge in [0.2, 0.25) is 0 Å². The molecule has 0 saturated carbocycles. The fourth-order valence-electron chi connectivity index (χ4n) is 1.29. The molecule has 0 fully saturated rings. The molecule has 0 unspecified atom stereocenters. The SMILES string of the molecule is Clc1ccc(P(Cl)c2ccc(Cl)cc2)cc1. The topological polar surface area (TPSA) is 0 Å². The lowest BCUT2D eigenvalue weighted by Gasteiger charge is -2.10. The van der Waals surface area contributed by atoms with Crippen molar-refractivity contribution in [2.24, 2.45) is 0 Å². The number of benzene rings is 2. The van der Waals surface area contributed by atoms with E-state index in [1.807, 2.05) is 48.5 Å². The van der Waals surface area contributed by atoms with Crippen molar-refractivity contribution >= 4 is 52.3 Å². The van der Waals surface area contributed by atoms with Gasteiger partial charge in [0.05, 0.1) is 7.27 Å². The van der Waals surface area contributed by atoms with Crippen LogP contribution in [0.25, 0.3) is 0 Å². The van der Waals surface area contributed by atoms with E-state index in [-0.39, 0.29) is 0 Å². The van der Waals surface area contributed by atoms with Crippen LogP contribution in [0.5, 0.6) is 0 Å². The molecule has 2 aromatic carbocycles. The van der Waals surface area contributed by atoms with Crippen LogP contribution in [-0.2, 0) is 0 Å². The summed E-state index contributed by atoms with van der Waals surface area (Å²) >= 11 is 18.1. The standard InChI is InChI=1S/C12H8Cl3P/c13-9-1-5-11(6-2-9)16(15)12-7-3-10(14)4-8-12/h1-8H. The van der Waals surface area contributed by atoms with Gasteiger partial charge in [0, 0.05) is 10.0 Å². The van der Waals surface area contributed by atoms with Crippen LogP contribution in [-0.4, -0.2) is 0 Å². The third-order valence-corrected chi connectivity index (χ3v) is 5.28. The summed E-state index contributed by atoms with van der Waals surface area (Å²) in [5, 5.41) is 3.62. The molecule has 4 heteroatoms. The van der Waals surface area contributed by atoms with Gasteiger partial charge in [0.15, 0.2) is 0 Å². The first-order chi connectivity index (χ1) is 7.66. The number of hydrogen-bond donors (Lipinski definition) is 0. The van der Waals surface area contributed by atoms with Gasteiger partial charge >= 0.3 is 0 Å². The summed E-state index contributed by atoms with van der Waals surface area (Å²) in [5.41, 5.74) is 0. The molecule has 0 aliphatic rings. The van der Waals surface area contributed by atoms with E-state index in [1.165, 1.54) is 0 Å². The van der Waals surface area contributed by atoms with Crippen LogP contribution in [0, 0.1) is 0 Å². The molecule has 82 valence electrons. The van der Waals surface area contributed by atoms with E-state index in [1.54, 1.807) is 0 Å². The lowest BCUT2D eigenvalue weighted by atomic mass is 10.4. The molecular weight excluding hydrogens is 281 g/mol. The number of rotatable bonds is 2. The van der Waals surface area contributed by atoms with Gasteiger partial charge in [-0.05, 0) is 34.9 Å². The molecule has 0 atom stereocenters. The molecule has 0 radical (unpaired) electrons. The Morgan fingerprint density at radius 3 is 1.25 bits per heavy atom. The summed E-state index contributed by atoms with van der Waals surface area (Å²) in [6.45, 7) is 0. The normalized spacial score (nSPS) is 10.8. The average molecular weight is 290 g/mol. The Kier molecular flexibility index (Phi) is 4.10. The highest BCUT2D eigenvalue weighted by molar-refractivity contribution is 7.95. The highest BCUT2D eigenvalue weighted by atomic mass is 35.7. The van der Waals surface area contributed by atoms with Crippen molar-refractivity contribution in [3.8, 4) is 0 Å². The van der Waals surface area contributed by atoms with Gasteiger partial charge < -0.3 is 0 Å². The summed E-state index contributed by atoms with van der Waals surface area (Å²) in [6, 6.07) is 15.2. The molecule has 0 saturated heterocycles. The molecule has 0 spiro atoms. The van der Waals surface area contributed by atoms with Gasteiger partial charge in [-0.25, -0.2) is 0 Å². The Bertz CT molecular complexity index is 419. The molecule has 0 nitrogen and oxygen atoms in total. The molecular formula is C12H8Cl3P. The molecule has 2 aromatic rings. The highest BCUT2D eigenvalue weighted by Gasteiger charge is 2.10. The molecule has 16 heavy (non-hydrogen) atoms. The van der Waals surface area contributed by atoms with E-state index in [9.17, 15) is 0 Å². The van der Waals surface area contributed by atoms with Gasteiger partial charge in [-0.15, -0.1) is 0 Å². The molecule has 0 bridgehead atoms. The van der Waals surface area contributed by atoms with Crippen LogP contribution in [0.4, 0.5) is 0 Å². The number of halogens is 3. The predicted molar refractivity (Wildman–Crippen MR) is 74.9 cm³/mol. The zero-order valence-corrected chi connectivity index (χ0v) is 11.4. The Labute approximate surface area is 111 Å². The maximum Gasteiger partial charge on any atom is 0.0524 e. The summed E-state index contributed by atoms with van der Waals surface area (Å²) in [5.74, 6) is 0. The van der Waals surface area contributed by atoms with E-state index >= 15 is 0 Å². The Balaban J connectivity index is 2.28. The van der Waals surface area contributed by atoms with E-state index in [4.69, 9.17) is 34.4 Å². The first-order valence-electron chi connectivity index (χ1n) is 4.64. The molecule has 0 heterocycles. The Morgan fingerprint density at radius 1 is 0.625 bits per heavy atom. The fourth-order valence-corrected chi connectivity index (χ4v) is 3.34. The molecule has 0 amide bonds. The molecule has 0 N–H and O–H groups in total. The lowest BCUT2D eigenvalue weighted by Crippen LogP contribution is -2.07. The second-order valence-corrected chi connectivity index (χ2v) is 6.72. The Hall–Kier alpha value is -0.260. The van der Waals surface area contributed by atoms with Crippen molar-refractivity contribution in [3.63, 3.8) is 0 Å². The summed E-state index contributed by atoms with van der Waals surface area (Å²) in [4.78, 5) is 0. The fraction of sp³-hybridized carbons (Fsp3) is 0. The van der Waals surface area contributed by atoms with Crippen molar-refractivity contribution in [2.45, 2.75) is 0 Å². The van der Waals surface area contributed by atoms with Gasteiger partial charge in [-0.1, -0.05) is 58.7 Å². The summed E-state index contributed by atoms with van der Waals surface area (Å²) < 4.78 is 0. The maximum atomic E-state index is 6.41. The van der Waals surface area contributed by atoms with Crippen LogP contribution in [0.3, 0.4) is 0 Å². The quantitative estimate of drug-likeness (QED) is 0.710. The zero-order chi connectivity index (χ0) is 11.5. The minimum Gasteiger partial charge on any atom is -0.0859 e. The van der Waals surface area contributed by atoms with Gasteiger partial charge in [0.1, 0.15) is 0 Å². The van der Waals surface area contributed by atoms with E-state index in [0.29, 0.717) is 0 Å². The monoisotopic (exact) mass is 288 g/mol. The van der Waals surface area contributed by atoms with E-state index < -0.39 is 7.27 Å². The zero-order valence-electron chi connectivity index (χ0n) is 8.20. The van der Waals surface area contributed by atoms with Crippen molar-refractivity contribution in [1.82, 2.24) is 0 Å². The molecule has 2 rings (SSSR count). The van der Waals surface area contributed by atoms with Crippen LogP contribution >= 0.6 is 41.7 Å². The Morgan fingerprint density at radius 2 is 0.938 bits per heavy atom. The average Bonchev–Trinajstić information content (AvgIpc) is 2.30. The summed E-state index contributed by atoms with van der Waals surface area (Å²) in [7, 11) is -0.841. The van der Waals surface area contributed by atoms with Gasteiger partial charge in [-0.3, -0.25) is 0 Å². The smallest absolute Gasteiger partial charge is 0.0524 e. The van der Waals surface area contributed by atoms with Crippen molar-refractivity contribution in [1.29, 1.82) is 0 Å². The van der Waals surface area contributed by atoms with Crippen LogP contribution in [0.1, 0.15) is 0 Å².